The van der Waals surface area contributed by atoms with E-state index >= 15 is 0 Å². The fourth-order valence-corrected chi connectivity index (χ4v) is 4.00. The van der Waals surface area contributed by atoms with E-state index in [-0.39, 0.29) is 5.91 Å². The summed E-state index contributed by atoms with van der Waals surface area (Å²) in [7, 11) is 3.21. The number of nitrogens with zero attached hydrogens (tertiary/aromatic N) is 1. The molecule has 2 aromatic carbocycles. The first-order valence-corrected chi connectivity index (χ1v) is 9.78. The van der Waals surface area contributed by atoms with Gasteiger partial charge in [0.2, 0.25) is 5.91 Å². The summed E-state index contributed by atoms with van der Waals surface area (Å²) in [4.78, 5) is 26.6. The monoisotopic (exact) mass is 397 g/mol. The second-order valence-corrected chi connectivity index (χ2v) is 7.31. The van der Waals surface area contributed by atoms with Crippen molar-refractivity contribution in [2.45, 2.75) is 31.1 Å². The number of carboxylic acids is 1. The molecule has 1 saturated heterocycles. The molecule has 0 spiro atoms. The molecule has 0 aliphatic carbocycles. The molecular weight excluding hydrogens is 370 g/mol. The highest BCUT2D eigenvalue weighted by Gasteiger charge is 2.43. The molecule has 6 nitrogen and oxygen atoms in total. The third-order valence-electron chi connectivity index (χ3n) is 5.80. The minimum atomic E-state index is -0.923. The van der Waals surface area contributed by atoms with Crippen LogP contribution in [0.2, 0.25) is 0 Å². The number of hydrogen-bond donors (Lipinski definition) is 1. The van der Waals surface area contributed by atoms with Crippen molar-refractivity contribution in [1.29, 1.82) is 0 Å². The molecule has 1 aliphatic rings. The van der Waals surface area contributed by atoms with Gasteiger partial charge >= 0.3 is 5.97 Å². The second kappa shape index (κ2) is 8.99. The smallest absolute Gasteiger partial charge is 0.314 e. The number of aryl methyl sites for hydroxylation is 1. The van der Waals surface area contributed by atoms with Crippen LogP contribution in [0.3, 0.4) is 0 Å². The van der Waals surface area contributed by atoms with E-state index in [1.54, 1.807) is 19.1 Å². The normalized spacial score (nSPS) is 15.6. The van der Waals surface area contributed by atoms with Crippen molar-refractivity contribution in [1.82, 2.24) is 4.90 Å². The van der Waals surface area contributed by atoms with E-state index in [0.717, 1.165) is 22.6 Å². The number of aliphatic carboxylic acids is 1. The van der Waals surface area contributed by atoms with Crippen molar-refractivity contribution in [2.24, 2.45) is 0 Å². The molecule has 1 fully saturated rings. The SMILES string of the molecule is COc1ccc(OC)c(CCC(=O)N2CCC(C(=O)O)(c3ccccc3)CC2)c1. The first-order valence-electron chi connectivity index (χ1n) is 9.78. The predicted octanol–water partition coefficient (Wildman–Crippen LogP) is 3.28. The number of methoxy groups -OCH3 is 2. The number of hydrogen-bond acceptors (Lipinski definition) is 4. The number of rotatable bonds is 7. The van der Waals surface area contributed by atoms with Gasteiger partial charge in [0.1, 0.15) is 11.5 Å². The molecular formula is C23H27NO5. The van der Waals surface area contributed by atoms with E-state index in [9.17, 15) is 14.7 Å². The van der Waals surface area contributed by atoms with Crippen LogP contribution < -0.4 is 9.47 Å². The number of ether oxygens (including phenoxy) is 2. The zero-order valence-electron chi connectivity index (χ0n) is 16.9. The summed E-state index contributed by atoms with van der Waals surface area (Å²) < 4.78 is 10.6. The fraction of sp³-hybridized carbons (Fsp3) is 0.391. The topological polar surface area (TPSA) is 76.1 Å². The maximum atomic E-state index is 12.7. The van der Waals surface area contributed by atoms with Gasteiger partial charge in [-0.2, -0.15) is 0 Å². The Labute approximate surface area is 171 Å². The van der Waals surface area contributed by atoms with Gasteiger partial charge in [0.15, 0.2) is 0 Å². The quantitative estimate of drug-likeness (QED) is 0.776. The highest BCUT2D eigenvalue weighted by molar-refractivity contribution is 5.83. The number of carboxylic acid groups (broad SMARTS) is 1. The molecule has 0 bridgehead atoms. The van der Waals surface area contributed by atoms with Gasteiger partial charge in [0, 0.05) is 19.5 Å². The van der Waals surface area contributed by atoms with E-state index in [1.807, 2.05) is 48.5 Å². The van der Waals surface area contributed by atoms with E-state index in [1.165, 1.54) is 0 Å². The second-order valence-electron chi connectivity index (χ2n) is 7.31. The summed E-state index contributed by atoms with van der Waals surface area (Å²) in [5, 5.41) is 9.90. The molecule has 2 aromatic rings. The molecule has 0 radical (unpaired) electrons. The molecule has 154 valence electrons. The zero-order valence-corrected chi connectivity index (χ0v) is 16.9. The molecule has 0 unspecified atom stereocenters. The molecule has 0 atom stereocenters. The summed E-state index contributed by atoms with van der Waals surface area (Å²) >= 11 is 0. The lowest BCUT2D eigenvalue weighted by molar-refractivity contribution is -0.148. The fourth-order valence-electron chi connectivity index (χ4n) is 4.00. The van der Waals surface area contributed by atoms with E-state index < -0.39 is 11.4 Å². The number of amides is 1. The maximum absolute atomic E-state index is 12.7. The molecule has 6 heteroatoms. The largest absolute Gasteiger partial charge is 0.497 e. The molecule has 3 rings (SSSR count). The van der Waals surface area contributed by atoms with Crippen LogP contribution in [0, 0.1) is 0 Å². The van der Waals surface area contributed by atoms with Crippen LogP contribution in [0.15, 0.2) is 48.5 Å². The standard InChI is InChI=1S/C23H27NO5/c1-28-19-9-10-20(29-2)17(16-19)8-11-21(25)24-14-12-23(13-15-24,22(26)27)18-6-4-3-5-7-18/h3-7,9-10,16H,8,11-15H2,1-2H3,(H,26,27). The molecule has 1 heterocycles. The van der Waals surface area contributed by atoms with Crippen molar-refractivity contribution >= 4 is 11.9 Å². The maximum Gasteiger partial charge on any atom is 0.314 e. The van der Waals surface area contributed by atoms with Crippen molar-refractivity contribution in [3.05, 3.63) is 59.7 Å². The minimum Gasteiger partial charge on any atom is -0.497 e. The van der Waals surface area contributed by atoms with Gasteiger partial charge in [-0.15, -0.1) is 0 Å². The number of carbonyl (C=O) groups excluding carboxylic acids is 1. The van der Waals surface area contributed by atoms with Crippen molar-refractivity contribution in [3.8, 4) is 11.5 Å². The Morgan fingerprint density at radius 1 is 1.03 bits per heavy atom. The van der Waals surface area contributed by atoms with Crippen LogP contribution in [-0.4, -0.2) is 49.2 Å². The number of carbonyl (C=O) groups is 2. The number of benzene rings is 2. The average molecular weight is 397 g/mol. The third-order valence-corrected chi connectivity index (χ3v) is 5.80. The van der Waals surface area contributed by atoms with E-state index in [4.69, 9.17) is 9.47 Å². The molecule has 1 aliphatic heterocycles. The Kier molecular flexibility index (Phi) is 6.42. The van der Waals surface area contributed by atoms with Gasteiger partial charge < -0.3 is 19.5 Å². The molecule has 1 amide bonds. The summed E-state index contributed by atoms with van der Waals surface area (Å²) in [6.07, 6.45) is 1.72. The van der Waals surface area contributed by atoms with Crippen LogP contribution in [0.5, 0.6) is 11.5 Å². The Morgan fingerprint density at radius 2 is 1.72 bits per heavy atom. The first-order chi connectivity index (χ1) is 14.0. The predicted molar refractivity (Wildman–Crippen MR) is 109 cm³/mol. The third kappa shape index (κ3) is 4.36. The summed E-state index contributed by atoms with van der Waals surface area (Å²) in [6.45, 7) is 0.880. The molecule has 1 N–H and O–H groups in total. The number of piperidine rings is 1. The highest BCUT2D eigenvalue weighted by Crippen LogP contribution is 2.36. The van der Waals surface area contributed by atoms with Gasteiger partial charge in [0.25, 0.3) is 0 Å². The first kappa shape index (κ1) is 20.7. The van der Waals surface area contributed by atoms with Crippen LogP contribution in [-0.2, 0) is 21.4 Å². The van der Waals surface area contributed by atoms with E-state index in [0.29, 0.717) is 38.8 Å². The Balaban J connectivity index is 1.64. The molecule has 0 aromatic heterocycles. The lowest BCUT2D eigenvalue weighted by Gasteiger charge is -2.39. The Hall–Kier alpha value is -3.02. The summed E-state index contributed by atoms with van der Waals surface area (Å²) in [6, 6.07) is 14.9. The minimum absolute atomic E-state index is 0.0296. The van der Waals surface area contributed by atoms with E-state index in [2.05, 4.69) is 0 Å². The summed E-state index contributed by atoms with van der Waals surface area (Å²) in [5.74, 6) is 0.658. The van der Waals surface area contributed by atoms with Crippen molar-refractivity contribution in [2.75, 3.05) is 27.3 Å². The Bertz CT molecular complexity index is 857. The van der Waals surface area contributed by atoms with Gasteiger partial charge in [-0.3, -0.25) is 9.59 Å². The van der Waals surface area contributed by atoms with Crippen LogP contribution in [0.4, 0.5) is 0 Å². The van der Waals surface area contributed by atoms with Crippen LogP contribution in [0.25, 0.3) is 0 Å². The molecule has 0 saturated carbocycles. The van der Waals surface area contributed by atoms with Gasteiger partial charge in [-0.25, -0.2) is 0 Å². The molecule has 29 heavy (non-hydrogen) atoms. The lowest BCUT2D eigenvalue weighted by atomic mass is 9.73. The Morgan fingerprint density at radius 3 is 2.31 bits per heavy atom. The van der Waals surface area contributed by atoms with Crippen LogP contribution >= 0.6 is 0 Å². The lowest BCUT2D eigenvalue weighted by Crippen LogP contribution is -2.49. The summed E-state index contributed by atoms with van der Waals surface area (Å²) in [5.41, 5.74) is 0.802. The number of likely N-dealkylation sites (tertiary alicyclic amines) is 1. The van der Waals surface area contributed by atoms with Crippen molar-refractivity contribution in [3.63, 3.8) is 0 Å². The zero-order chi connectivity index (χ0) is 20.9. The highest BCUT2D eigenvalue weighted by atomic mass is 16.5. The average Bonchev–Trinajstić information content (AvgIpc) is 2.77. The van der Waals surface area contributed by atoms with Crippen LogP contribution in [0.1, 0.15) is 30.4 Å². The van der Waals surface area contributed by atoms with Gasteiger partial charge in [-0.05, 0) is 48.6 Å². The van der Waals surface area contributed by atoms with Gasteiger partial charge in [-0.1, -0.05) is 30.3 Å². The van der Waals surface area contributed by atoms with Crippen molar-refractivity contribution < 1.29 is 24.2 Å². The van der Waals surface area contributed by atoms with Gasteiger partial charge in [0.05, 0.1) is 19.6 Å².